The number of fused-ring (bicyclic) bond motifs is 2. The molecule has 0 unspecified atom stereocenters. The van der Waals surface area contributed by atoms with Crippen LogP contribution in [0.3, 0.4) is 0 Å². The Morgan fingerprint density at radius 1 is 1.15 bits per heavy atom. The molecule has 2 amide bonds. The fraction of sp³-hybridized carbons (Fsp3) is 0.636. The lowest BCUT2D eigenvalue weighted by Gasteiger charge is -2.46. The van der Waals surface area contributed by atoms with Gasteiger partial charge in [0.1, 0.15) is 0 Å². The molecule has 0 aliphatic carbocycles. The molecule has 0 aromatic heterocycles. The number of piperidine rings is 2. The fourth-order valence-corrected chi connectivity index (χ4v) is 4.46. The lowest BCUT2D eigenvalue weighted by Crippen LogP contribution is -2.57. The Hall–Kier alpha value is -1.88. The van der Waals surface area contributed by atoms with Gasteiger partial charge in [0.2, 0.25) is 11.8 Å². The highest BCUT2D eigenvalue weighted by Gasteiger charge is 2.37. The number of rotatable bonds is 7. The minimum atomic E-state index is 0.199. The summed E-state index contributed by atoms with van der Waals surface area (Å²) >= 11 is 0. The van der Waals surface area contributed by atoms with E-state index in [0.717, 1.165) is 38.9 Å². The van der Waals surface area contributed by atoms with E-state index in [1.165, 1.54) is 12.0 Å². The Morgan fingerprint density at radius 2 is 1.93 bits per heavy atom. The lowest BCUT2D eigenvalue weighted by atomic mass is 9.79. The molecule has 3 atom stereocenters. The predicted molar refractivity (Wildman–Crippen MR) is 107 cm³/mol. The quantitative estimate of drug-likeness (QED) is 0.800. The zero-order chi connectivity index (χ0) is 19.2. The summed E-state index contributed by atoms with van der Waals surface area (Å²) < 4.78 is 0. The van der Waals surface area contributed by atoms with E-state index in [9.17, 15) is 9.59 Å². The molecule has 3 rings (SSSR count). The first kappa shape index (κ1) is 19.9. The molecule has 2 aliphatic heterocycles. The van der Waals surface area contributed by atoms with Crippen LogP contribution in [0.25, 0.3) is 0 Å². The smallest absolute Gasteiger partial charge is 0.222 e. The van der Waals surface area contributed by atoms with Gasteiger partial charge in [0, 0.05) is 46.1 Å². The van der Waals surface area contributed by atoms with Crippen molar-refractivity contribution in [2.45, 2.75) is 44.6 Å². The highest BCUT2D eigenvalue weighted by Crippen LogP contribution is 2.30. The molecule has 148 valence electrons. The second-order valence-electron chi connectivity index (χ2n) is 8.34. The standard InChI is InChI=1S/C22H33N3O2/c1-24(2)21(26)10-6-9-20-19-13-18(14-23-20)15-25(16-19)22(27)12-11-17-7-4-3-5-8-17/h3-5,7-8,18-20,23H,6,9-16H2,1-2H3/t18-,19+,20+/m0/s1. The van der Waals surface area contributed by atoms with Crippen molar-refractivity contribution in [3.63, 3.8) is 0 Å². The Balaban J connectivity index is 1.47. The van der Waals surface area contributed by atoms with E-state index in [4.69, 9.17) is 0 Å². The highest BCUT2D eigenvalue weighted by molar-refractivity contribution is 5.76. The number of amides is 2. The summed E-state index contributed by atoms with van der Waals surface area (Å²) in [7, 11) is 3.62. The molecule has 5 nitrogen and oxygen atoms in total. The maximum atomic E-state index is 12.7. The normalized spacial score (nSPS) is 24.5. The van der Waals surface area contributed by atoms with Crippen LogP contribution in [0.15, 0.2) is 30.3 Å². The Bertz CT molecular complexity index is 632. The van der Waals surface area contributed by atoms with E-state index < -0.39 is 0 Å². The van der Waals surface area contributed by atoms with Gasteiger partial charge in [-0.25, -0.2) is 0 Å². The summed E-state index contributed by atoms with van der Waals surface area (Å²) in [5, 5.41) is 3.68. The third kappa shape index (κ3) is 5.55. The van der Waals surface area contributed by atoms with Crippen LogP contribution in [-0.4, -0.2) is 61.4 Å². The Labute approximate surface area is 163 Å². The molecule has 5 heteroatoms. The van der Waals surface area contributed by atoms with Gasteiger partial charge >= 0.3 is 0 Å². The number of carbonyl (C=O) groups excluding carboxylic acids is 2. The molecule has 2 bridgehead atoms. The van der Waals surface area contributed by atoms with Crippen molar-refractivity contribution < 1.29 is 9.59 Å². The summed E-state index contributed by atoms with van der Waals surface area (Å²) in [6.07, 6.45) is 5.17. The zero-order valence-corrected chi connectivity index (χ0v) is 16.7. The average Bonchev–Trinajstić information content (AvgIpc) is 2.68. The molecule has 1 N–H and O–H groups in total. The topological polar surface area (TPSA) is 52.7 Å². The van der Waals surface area contributed by atoms with Crippen molar-refractivity contribution in [3.05, 3.63) is 35.9 Å². The van der Waals surface area contributed by atoms with Crippen LogP contribution in [0.2, 0.25) is 0 Å². The minimum Gasteiger partial charge on any atom is -0.349 e. The largest absolute Gasteiger partial charge is 0.349 e. The maximum Gasteiger partial charge on any atom is 0.222 e. The molecule has 2 heterocycles. The number of hydrogen-bond donors (Lipinski definition) is 1. The van der Waals surface area contributed by atoms with Gasteiger partial charge in [-0.05, 0) is 49.6 Å². The Morgan fingerprint density at radius 3 is 2.67 bits per heavy atom. The second-order valence-corrected chi connectivity index (χ2v) is 8.34. The summed E-state index contributed by atoms with van der Waals surface area (Å²) in [6.45, 7) is 2.75. The Kier molecular flexibility index (Phi) is 6.89. The third-order valence-electron chi connectivity index (χ3n) is 6.03. The molecule has 2 aliphatic rings. The molecule has 2 saturated heterocycles. The van der Waals surface area contributed by atoms with Gasteiger partial charge in [0.05, 0.1) is 0 Å². The fourth-order valence-electron chi connectivity index (χ4n) is 4.46. The summed E-state index contributed by atoms with van der Waals surface area (Å²) in [6, 6.07) is 10.7. The number of nitrogens with zero attached hydrogens (tertiary/aromatic N) is 2. The molecule has 0 radical (unpaired) electrons. The van der Waals surface area contributed by atoms with Crippen molar-refractivity contribution in [1.29, 1.82) is 0 Å². The van der Waals surface area contributed by atoms with Crippen molar-refractivity contribution in [2.75, 3.05) is 33.7 Å². The van der Waals surface area contributed by atoms with Crippen molar-refractivity contribution in [2.24, 2.45) is 11.8 Å². The van der Waals surface area contributed by atoms with Gasteiger partial charge in [-0.2, -0.15) is 0 Å². The minimum absolute atomic E-state index is 0.199. The summed E-state index contributed by atoms with van der Waals surface area (Å²) in [4.78, 5) is 28.3. The van der Waals surface area contributed by atoms with E-state index in [-0.39, 0.29) is 11.8 Å². The van der Waals surface area contributed by atoms with Crippen LogP contribution in [0.1, 0.15) is 37.7 Å². The first-order valence-corrected chi connectivity index (χ1v) is 10.3. The van der Waals surface area contributed by atoms with E-state index >= 15 is 0 Å². The number of likely N-dealkylation sites (tertiary alicyclic amines) is 1. The molecular formula is C22H33N3O2. The molecule has 0 spiro atoms. The van der Waals surface area contributed by atoms with Crippen molar-refractivity contribution in [1.82, 2.24) is 15.1 Å². The second kappa shape index (κ2) is 9.36. The SMILES string of the molecule is CN(C)C(=O)CCC[C@H]1NC[C@@H]2C[C@@H]1CN(C(=O)CCc1ccccc1)C2. The molecule has 1 aromatic rings. The predicted octanol–water partition coefficient (Wildman–Crippen LogP) is 2.31. The molecule has 1 aromatic carbocycles. The van der Waals surface area contributed by atoms with Gasteiger partial charge in [-0.3, -0.25) is 9.59 Å². The summed E-state index contributed by atoms with van der Waals surface area (Å²) in [5.41, 5.74) is 1.23. The van der Waals surface area contributed by atoms with Crippen LogP contribution in [0.5, 0.6) is 0 Å². The lowest BCUT2D eigenvalue weighted by molar-refractivity contribution is -0.135. The average molecular weight is 372 g/mol. The number of benzene rings is 1. The van der Waals surface area contributed by atoms with Gasteiger partial charge < -0.3 is 15.1 Å². The molecule has 2 fully saturated rings. The molecule has 0 saturated carbocycles. The maximum absolute atomic E-state index is 12.7. The van der Waals surface area contributed by atoms with Crippen molar-refractivity contribution in [3.8, 4) is 0 Å². The van der Waals surface area contributed by atoms with E-state index in [0.29, 0.717) is 30.7 Å². The van der Waals surface area contributed by atoms with E-state index in [1.54, 1.807) is 4.90 Å². The van der Waals surface area contributed by atoms with Gasteiger partial charge in [-0.15, -0.1) is 0 Å². The van der Waals surface area contributed by atoms with Crippen LogP contribution in [-0.2, 0) is 16.0 Å². The number of carbonyl (C=O) groups is 2. The monoisotopic (exact) mass is 371 g/mol. The molecular weight excluding hydrogens is 338 g/mol. The van der Waals surface area contributed by atoms with E-state index in [1.807, 2.05) is 32.3 Å². The van der Waals surface area contributed by atoms with Crippen molar-refractivity contribution >= 4 is 11.8 Å². The molecule has 27 heavy (non-hydrogen) atoms. The van der Waals surface area contributed by atoms with Crippen LogP contribution >= 0.6 is 0 Å². The van der Waals surface area contributed by atoms with Crippen LogP contribution in [0, 0.1) is 11.8 Å². The first-order valence-electron chi connectivity index (χ1n) is 10.3. The van der Waals surface area contributed by atoms with Gasteiger partial charge in [0.25, 0.3) is 0 Å². The highest BCUT2D eigenvalue weighted by atomic mass is 16.2. The number of aryl methyl sites for hydroxylation is 1. The number of nitrogens with one attached hydrogen (secondary N) is 1. The van der Waals surface area contributed by atoms with Crippen LogP contribution < -0.4 is 5.32 Å². The van der Waals surface area contributed by atoms with E-state index in [2.05, 4.69) is 22.3 Å². The van der Waals surface area contributed by atoms with Crippen LogP contribution in [0.4, 0.5) is 0 Å². The van der Waals surface area contributed by atoms with Gasteiger partial charge in [-0.1, -0.05) is 30.3 Å². The van der Waals surface area contributed by atoms with Gasteiger partial charge in [0.15, 0.2) is 0 Å². The summed E-state index contributed by atoms with van der Waals surface area (Å²) in [5.74, 6) is 1.58. The number of hydrogen-bond acceptors (Lipinski definition) is 3. The first-order chi connectivity index (χ1) is 13.0. The zero-order valence-electron chi connectivity index (χ0n) is 16.7. The third-order valence-corrected chi connectivity index (χ3v) is 6.03.